The number of carbonyl (C=O) groups is 1. The molecule has 1 aromatic rings. The van der Waals surface area contributed by atoms with Gasteiger partial charge >= 0.3 is 0 Å². The molecule has 0 aliphatic heterocycles. The zero-order chi connectivity index (χ0) is 14.4. The topological polar surface area (TPSA) is 41.1 Å². The van der Waals surface area contributed by atoms with Gasteiger partial charge in [-0.15, -0.1) is 0 Å². The molecule has 106 valence electrons. The van der Waals surface area contributed by atoms with E-state index in [1.807, 2.05) is 13.0 Å². The molecule has 0 radical (unpaired) electrons. The van der Waals surface area contributed by atoms with Crippen LogP contribution in [-0.2, 0) is 4.79 Å². The first kappa shape index (κ1) is 15.7. The Morgan fingerprint density at radius 3 is 2.47 bits per heavy atom. The second-order valence-corrected chi connectivity index (χ2v) is 5.66. The van der Waals surface area contributed by atoms with Gasteiger partial charge in [0.15, 0.2) is 0 Å². The molecule has 0 aliphatic carbocycles. The molecule has 1 rings (SSSR count). The summed E-state index contributed by atoms with van der Waals surface area (Å²) < 4.78 is 0. The van der Waals surface area contributed by atoms with Gasteiger partial charge < -0.3 is 5.32 Å². The van der Waals surface area contributed by atoms with Gasteiger partial charge in [-0.05, 0) is 32.3 Å². The highest BCUT2D eigenvalue weighted by atomic mass is 16.2. The molecule has 0 spiro atoms. The van der Waals surface area contributed by atoms with Crippen LogP contribution in [0.3, 0.4) is 0 Å². The van der Waals surface area contributed by atoms with E-state index < -0.39 is 0 Å². The molecule has 2 unspecified atom stereocenters. The summed E-state index contributed by atoms with van der Waals surface area (Å²) in [5, 5.41) is 6.28. The lowest BCUT2D eigenvalue weighted by molar-refractivity contribution is -0.123. The molecule has 0 fully saturated rings. The maximum absolute atomic E-state index is 11.9. The van der Waals surface area contributed by atoms with Crippen LogP contribution in [0, 0.1) is 12.8 Å². The number of benzene rings is 1. The van der Waals surface area contributed by atoms with Crippen molar-refractivity contribution in [3.05, 3.63) is 35.4 Å². The molecule has 0 heterocycles. The third-order valence-electron chi connectivity index (χ3n) is 3.12. The summed E-state index contributed by atoms with van der Waals surface area (Å²) in [6.45, 7) is 11.0. The maximum atomic E-state index is 11.9. The predicted molar refractivity (Wildman–Crippen MR) is 80.0 cm³/mol. The number of hydrogen-bond acceptors (Lipinski definition) is 2. The molecule has 0 bridgehead atoms. The highest BCUT2D eigenvalue weighted by Crippen LogP contribution is 2.14. The minimum absolute atomic E-state index is 0.0632. The molecule has 3 heteroatoms. The van der Waals surface area contributed by atoms with Crippen molar-refractivity contribution in [1.29, 1.82) is 0 Å². The van der Waals surface area contributed by atoms with Crippen LogP contribution < -0.4 is 10.6 Å². The van der Waals surface area contributed by atoms with Crippen LogP contribution in [0.4, 0.5) is 0 Å². The summed E-state index contributed by atoms with van der Waals surface area (Å²) in [6.07, 6.45) is 0. The highest BCUT2D eigenvalue weighted by Gasteiger charge is 2.16. The van der Waals surface area contributed by atoms with Crippen LogP contribution >= 0.6 is 0 Å². The zero-order valence-corrected chi connectivity index (χ0v) is 12.7. The highest BCUT2D eigenvalue weighted by molar-refractivity contribution is 5.81. The SMILES string of the molecule is Cc1cccc(C(C)NC(C)C(=O)NCC(C)C)c1. The van der Waals surface area contributed by atoms with Crippen molar-refractivity contribution < 1.29 is 4.79 Å². The van der Waals surface area contributed by atoms with E-state index in [0.717, 1.165) is 6.54 Å². The van der Waals surface area contributed by atoms with Crippen molar-refractivity contribution in [3.63, 3.8) is 0 Å². The fraction of sp³-hybridized carbons (Fsp3) is 0.562. The normalized spacial score (nSPS) is 14.2. The number of carbonyl (C=O) groups excluding carboxylic acids is 1. The molecule has 0 saturated carbocycles. The van der Waals surface area contributed by atoms with Gasteiger partial charge in [0.05, 0.1) is 6.04 Å². The van der Waals surface area contributed by atoms with E-state index >= 15 is 0 Å². The van der Waals surface area contributed by atoms with Crippen molar-refractivity contribution in [2.24, 2.45) is 5.92 Å². The Balaban J connectivity index is 2.51. The van der Waals surface area contributed by atoms with Gasteiger partial charge in [-0.2, -0.15) is 0 Å². The second kappa shape index (κ2) is 7.29. The Labute approximate surface area is 116 Å². The van der Waals surface area contributed by atoms with E-state index in [1.54, 1.807) is 0 Å². The Bertz CT molecular complexity index is 415. The summed E-state index contributed by atoms with van der Waals surface area (Å²) in [4.78, 5) is 11.9. The summed E-state index contributed by atoms with van der Waals surface area (Å²) in [7, 11) is 0. The van der Waals surface area contributed by atoms with Crippen molar-refractivity contribution in [2.75, 3.05) is 6.54 Å². The van der Waals surface area contributed by atoms with Crippen molar-refractivity contribution in [3.8, 4) is 0 Å². The smallest absolute Gasteiger partial charge is 0.236 e. The van der Waals surface area contributed by atoms with Crippen LogP contribution in [0.5, 0.6) is 0 Å². The van der Waals surface area contributed by atoms with E-state index in [0.29, 0.717) is 5.92 Å². The van der Waals surface area contributed by atoms with Gasteiger partial charge in [0.2, 0.25) is 5.91 Å². The first-order chi connectivity index (χ1) is 8.90. The monoisotopic (exact) mass is 262 g/mol. The van der Waals surface area contributed by atoms with Gasteiger partial charge in [0, 0.05) is 12.6 Å². The third kappa shape index (κ3) is 5.43. The van der Waals surface area contributed by atoms with Gasteiger partial charge in [0.1, 0.15) is 0 Å². The van der Waals surface area contributed by atoms with Crippen LogP contribution in [0.15, 0.2) is 24.3 Å². The fourth-order valence-corrected chi connectivity index (χ4v) is 1.94. The second-order valence-electron chi connectivity index (χ2n) is 5.66. The number of rotatable bonds is 6. The maximum Gasteiger partial charge on any atom is 0.236 e. The van der Waals surface area contributed by atoms with Crippen LogP contribution in [0.25, 0.3) is 0 Å². The molecule has 19 heavy (non-hydrogen) atoms. The molecule has 1 amide bonds. The first-order valence-electron chi connectivity index (χ1n) is 7.00. The third-order valence-corrected chi connectivity index (χ3v) is 3.12. The average molecular weight is 262 g/mol. The molecule has 0 aromatic heterocycles. The van der Waals surface area contributed by atoms with Crippen molar-refractivity contribution >= 4 is 5.91 Å². The number of nitrogens with one attached hydrogen (secondary N) is 2. The predicted octanol–water partition coefficient (Wildman–Crippen LogP) is 2.81. The zero-order valence-electron chi connectivity index (χ0n) is 12.7. The molecule has 1 aromatic carbocycles. The lowest BCUT2D eigenvalue weighted by Crippen LogP contribution is -2.44. The molecule has 0 saturated heterocycles. The van der Waals surface area contributed by atoms with E-state index in [9.17, 15) is 4.79 Å². The molecule has 2 atom stereocenters. The van der Waals surface area contributed by atoms with Crippen LogP contribution in [0.2, 0.25) is 0 Å². The van der Waals surface area contributed by atoms with Crippen LogP contribution in [0.1, 0.15) is 44.9 Å². The van der Waals surface area contributed by atoms with Crippen molar-refractivity contribution in [2.45, 2.75) is 46.7 Å². The molecule has 0 aliphatic rings. The molecule has 2 N–H and O–H groups in total. The standard InChI is InChI=1S/C16H26N2O/c1-11(2)10-17-16(19)14(5)18-13(4)15-8-6-7-12(3)9-15/h6-9,11,13-14,18H,10H2,1-5H3,(H,17,19). The Morgan fingerprint density at radius 2 is 1.89 bits per heavy atom. The lowest BCUT2D eigenvalue weighted by Gasteiger charge is -2.20. The Morgan fingerprint density at radius 1 is 1.21 bits per heavy atom. The minimum atomic E-state index is -0.186. The number of aryl methyl sites for hydroxylation is 1. The molecular weight excluding hydrogens is 236 g/mol. The van der Waals surface area contributed by atoms with Gasteiger partial charge in [-0.3, -0.25) is 10.1 Å². The number of hydrogen-bond donors (Lipinski definition) is 2. The summed E-state index contributed by atoms with van der Waals surface area (Å²) in [6, 6.07) is 8.34. The number of amides is 1. The molecule has 3 nitrogen and oxygen atoms in total. The van der Waals surface area contributed by atoms with Crippen LogP contribution in [-0.4, -0.2) is 18.5 Å². The van der Waals surface area contributed by atoms with E-state index in [1.165, 1.54) is 11.1 Å². The minimum Gasteiger partial charge on any atom is -0.354 e. The lowest BCUT2D eigenvalue weighted by atomic mass is 10.0. The largest absolute Gasteiger partial charge is 0.354 e. The van der Waals surface area contributed by atoms with Gasteiger partial charge in [0.25, 0.3) is 0 Å². The summed E-state index contributed by atoms with van der Waals surface area (Å²) in [5.41, 5.74) is 2.45. The quantitative estimate of drug-likeness (QED) is 0.827. The van der Waals surface area contributed by atoms with E-state index in [-0.39, 0.29) is 18.0 Å². The Kier molecular flexibility index (Phi) is 6.03. The van der Waals surface area contributed by atoms with Crippen molar-refractivity contribution in [1.82, 2.24) is 10.6 Å². The van der Waals surface area contributed by atoms with Gasteiger partial charge in [-0.1, -0.05) is 43.7 Å². The summed E-state index contributed by atoms with van der Waals surface area (Å²) in [5.74, 6) is 0.540. The fourth-order valence-electron chi connectivity index (χ4n) is 1.94. The first-order valence-corrected chi connectivity index (χ1v) is 7.00. The van der Waals surface area contributed by atoms with E-state index in [2.05, 4.69) is 56.5 Å². The Hall–Kier alpha value is -1.35. The van der Waals surface area contributed by atoms with Gasteiger partial charge in [-0.25, -0.2) is 0 Å². The molecular formula is C16H26N2O. The average Bonchev–Trinajstić information content (AvgIpc) is 2.35. The summed E-state index contributed by atoms with van der Waals surface area (Å²) >= 11 is 0. The van der Waals surface area contributed by atoms with E-state index in [4.69, 9.17) is 0 Å².